The largest absolute Gasteiger partial charge is 0.228 e. The Morgan fingerprint density at radius 1 is 1.00 bits per heavy atom. The van der Waals surface area contributed by atoms with Crippen molar-refractivity contribution in [3.05, 3.63) is 35.9 Å². The third-order valence-corrected chi connectivity index (χ3v) is 2.74. The predicted octanol–water partition coefficient (Wildman–Crippen LogP) is 4.52. The van der Waals surface area contributed by atoms with E-state index in [2.05, 4.69) is 6.92 Å². The summed E-state index contributed by atoms with van der Waals surface area (Å²) in [6.45, 7) is 2.21. The molecule has 0 aliphatic rings. The van der Waals surface area contributed by atoms with Crippen LogP contribution in [-0.2, 0) is 5.11 Å². The highest BCUT2D eigenvalue weighted by Gasteiger charge is 2.07. The van der Waals surface area contributed by atoms with Crippen LogP contribution in [0.5, 0.6) is 0 Å². The third kappa shape index (κ3) is 4.98. The van der Waals surface area contributed by atoms with E-state index in [1.54, 1.807) is 0 Å². The zero-order chi connectivity index (χ0) is 10.9. The molecule has 1 atom stereocenters. The molecule has 1 radical (unpaired) electrons. The molecule has 0 spiro atoms. The highest BCUT2D eigenvalue weighted by atomic mass is 16.3. The average Bonchev–Trinajstić information content (AvgIpc) is 2.30. The molecule has 1 heteroatoms. The first-order valence-electron chi connectivity index (χ1n) is 6.05. The SMILES string of the molecule is CCCCCCCC([O])c1ccccc1. The first kappa shape index (κ1) is 12.3. The summed E-state index contributed by atoms with van der Waals surface area (Å²) >= 11 is 0. The van der Waals surface area contributed by atoms with Crippen molar-refractivity contribution in [3.8, 4) is 0 Å². The minimum atomic E-state index is -0.521. The van der Waals surface area contributed by atoms with Gasteiger partial charge in [0, 0.05) is 0 Å². The molecule has 1 aromatic rings. The zero-order valence-corrected chi connectivity index (χ0v) is 9.61. The highest BCUT2D eigenvalue weighted by molar-refractivity contribution is 5.16. The minimum Gasteiger partial charge on any atom is -0.228 e. The second kappa shape index (κ2) is 7.47. The van der Waals surface area contributed by atoms with Gasteiger partial charge in [0.25, 0.3) is 0 Å². The van der Waals surface area contributed by atoms with Gasteiger partial charge in [0.05, 0.1) is 0 Å². The Morgan fingerprint density at radius 2 is 1.67 bits per heavy atom. The van der Waals surface area contributed by atoms with Gasteiger partial charge in [-0.1, -0.05) is 69.4 Å². The molecule has 0 bridgehead atoms. The number of hydrogen-bond donors (Lipinski definition) is 0. The van der Waals surface area contributed by atoms with Crippen LogP contribution in [0.1, 0.15) is 57.1 Å². The van der Waals surface area contributed by atoms with E-state index < -0.39 is 6.10 Å². The van der Waals surface area contributed by atoms with E-state index in [1.165, 1.54) is 25.7 Å². The summed E-state index contributed by atoms with van der Waals surface area (Å²) in [7, 11) is 0. The summed E-state index contributed by atoms with van der Waals surface area (Å²) in [6, 6.07) is 9.71. The van der Waals surface area contributed by atoms with Crippen LogP contribution in [0.2, 0.25) is 0 Å². The van der Waals surface area contributed by atoms with E-state index >= 15 is 0 Å². The molecule has 1 aromatic carbocycles. The molecule has 0 aliphatic heterocycles. The van der Waals surface area contributed by atoms with E-state index in [4.69, 9.17) is 0 Å². The van der Waals surface area contributed by atoms with Crippen molar-refractivity contribution in [3.63, 3.8) is 0 Å². The maximum Gasteiger partial charge on any atom is 0.118 e. The normalized spacial score (nSPS) is 12.7. The Balaban J connectivity index is 2.16. The summed E-state index contributed by atoms with van der Waals surface area (Å²) in [5, 5.41) is 11.8. The third-order valence-electron chi connectivity index (χ3n) is 2.74. The lowest BCUT2D eigenvalue weighted by molar-refractivity contribution is 0.0786. The molecule has 83 valence electrons. The van der Waals surface area contributed by atoms with Crippen LogP contribution < -0.4 is 0 Å². The fourth-order valence-corrected chi connectivity index (χ4v) is 1.77. The predicted molar refractivity (Wildman–Crippen MR) is 63.2 cm³/mol. The average molecular weight is 205 g/mol. The van der Waals surface area contributed by atoms with Gasteiger partial charge in [0.2, 0.25) is 0 Å². The number of unbranched alkanes of at least 4 members (excludes halogenated alkanes) is 4. The van der Waals surface area contributed by atoms with Gasteiger partial charge in [-0.25, -0.2) is 5.11 Å². The molecule has 0 N–H and O–H groups in total. The van der Waals surface area contributed by atoms with Gasteiger partial charge in [-0.2, -0.15) is 0 Å². The molecule has 0 fully saturated rings. The Hall–Kier alpha value is -0.820. The first-order valence-corrected chi connectivity index (χ1v) is 6.05. The Kier molecular flexibility index (Phi) is 6.10. The van der Waals surface area contributed by atoms with Gasteiger partial charge < -0.3 is 0 Å². The van der Waals surface area contributed by atoms with E-state index in [0.29, 0.717) is 0 Å². The lowest BCUT2D eigenvalue weighted by Gasteiger charge is -2.07. The Labute approximate surface area is 93.1 Å². The monoisotopic (exact) mass is 205 g/mol. The standard InChI is InChI=1S/C14H21O/c1-2-3-4-5-9-12-14(15)13-10-7-6-8-11-13/h6-8,10-11,14H,2-5,9,12H2,1H3. The fraction of sp³-hybridized carbons (Fsp3) is 0.571. The number of benzene rings is 1. The second-order valence-electron chi connectivity index (χ2n) is 4.10. The molecule has 1 nitrogen and oxygen atoms in total. The van der Waals surface area contributed by atoms with E-state index in [9.17, 15) is 5.11 Å². The Morgan fingerprint density at radius 3 is 2.33 bits per heavy atom. The molecule has 15 heavy (non-hydrogen) atoms. The van der Waals surface area contributed by atoms with Crippen molar-refractivity contribution in [1.29, 1.82) is 0 Å². The lowest BCUT2D eigenvalue weighted by Crippen LogP contribution is -1.95. The van der Waals surface area contributed by atoms with Crippen molar-refractivity contribution in [1.82, 2.24) is 0 Å². The lowest BCUT2D eigenvalue weighted by atomic mass is 10.0. The molecular formula is C14H21O. The van der Waals surface area contributed by atoms with Gasteiger partial charge in [-0.3, -0.25) is 0 Å². The Bertz CT molecular complexity index is 243. The molecule has 0 saturated carbocycles. The maximum atomic E-state index is 11.8. The smallest absolute Gasteiger partial charge is 0.118 e. The quantitative estimate of drug-likeness (QED) is 0.583. The van der Waals surface area contributed by atoms with Crippen LogP contribution in [0.4, 0.5) is 0 Å². The van der Waals surface area contributed by atoms with Crippen LogP contribution in [-0.4, -0.2) is 0 Å². The van der Waals surface area contributed by atoms with Gasteiger partial charge in [-0.15, -0.1) is 0 Å². The topological polar surface area (TPSA) is 19.9 Å². The molecule has 1 rings (SSSR count). The number of rotatable bonds is 7. The summed E-state index contributed by atoms with van der Waals surface area (Å²) in [5.74, 6) is 0. The highest BCUT2D eigenvalue weighted by Crippen LogP contribution is 2.20. The van der Waals surface area contributed by atoms with Crippen LogP contribution in [0, 0.1) is 0 Å². The molecule has 0 aromatic heterocycles. The van der Waals surface area contributed by atoms with Crippen LogP contribution in [0.15, 0.2) is 30.3 Å². The van der Waals surface area contributed by atoms with Crippen LogP contribution >= 0.6 is 0 Å². The molecule has 0 heterocycles. The molecule has 0 aliphatic carbocycles. The molecule has 0 saturated heterocycles. The number of hydrogen-bond acceptors (Lipinski definition) is 0. The summed E-state index contributed by atoms with van der Waals surface area (Å²) in [6.07, 6.45) is 6.38. The molecule has 0 amide bonds. The van der Waals surface area contributed by atoms with E-state index in [1.807, 2.05) is 30.3 Å². The maximum absolute atomic E-state index is 11.8. The zero-order valence-electron chi connectivity index (χ0n) is 9.61. The summed E-state index contributed by atoms with van der Waals surface area (Å²) in [5.41, 5.74) is 0.938. The van der Waals surface area contributed by atoms with Crippen molar-refractivity contribution < 1.29 is 5.11 Å². The minimum absolute atomic E-state index is 0.521. The van der Waals surface area contributed by atoms with Gasteiger partial charge in [-0.05, 0) is 12.0 Å². The summed E-state index contributed by atoms with van der Waals surface area (Å²) < 4.78 is 0. The molecule has 1 unspecified atom stereocenters. The summed E-state index contributed by atoms with van der Waals surface area (Å²) in [4.78, 5) is 0. The van der Waals surface area contributed by atoms with Crippen molar-refractivity contribution in [2.75, 3.05) is 0 Å². The second-order valence-corrected chi connectivity index (χ2v) is 4.10. The van der Waals surface area contributed by atoms with Crippen LogP contribution in [0.3, 0.4) is 0 Å². The van der Waals surface area contributed by atoms with E-state index in [-0.39, 0.29) is 0 Å². The van der Waals surface area contributed by atoms with Gasteiger partial charge in [0.15, 0.2) is 0 Å². The van der Waals surface area contributed by atoms with Crippen molar-refractivity contribution in [2.45, 2.75) is 51.6 Å². The van der Waals surface area contributed by atoms with E-state index in [0.717, 1.165) is 18.4 Å². The molecular weight excluding hydrogens is 184 g/mol. The first-order chi connectivity index (χ1) is 7.34. The van der Waals surface area contributed by atoms with Gasteiger partial charge >= 0.3 is 0 Å². The van der Waals surface area contributed by atoms with Crippen LogP contribution in [0.25, 0.3) is 0 Å². The van der Waals surface area contributed by atoms with Crippen molar-refractivity contribution >= 4 is 0 Å². The fourth-order valence-electron chi connectivity index (χ4n) is 1.77. The van der Waals surface area contributed by atoms with Gasteiger partial charge in [0.1, 0.15) is 6.10 Å². The van der Waals surface area contributed by atoms with Crippen molar-refractivity contribution in [2.24, 2.45) is 0 Å².